The quantitative estimate of drug-likeness (QED) is 0.598. The molecular formula is C16H21N5O2S2. The van der Waals surface area contributed by atoms with Gasteiger partial charge in [-0.25, -0.2) is 15.0 Å². The van der Waals surface area contributed by atoms with E-state index in [1.54, 1.807) is 11.3 Å². The van der Waals surface area contributed by atoms with Crippen LogP contribution in [0, 0.1) is 6.92 Å². The van der Waals surface area contributed by atoms with E-state index < -0.39 is 6.10 Å². The summed E-state index contributed by atoms with van der Waals surface area (Å²) in [5.41, 5.74) is 1.44. The molecule has 0 aliphatic carbocycles. The van der Waals surface area contributed by atoms with E-state index in [0.717, 1.165) is 23.8 Å². The van der Waals surface area contributed by atoms with Crippen molar-refractivity contribution in [2.24, 2.45) is 0 Å². The fraction of sp³-hybridized carbons (Fsp3) is 0.500. The number of hydrogen-bond acceptors (Lipinski definition) is 8. The molecule has 2 aromatic heterocycles. The van der Waals surface area contributed by atoms with Gasteiger partial charge in [0, 0.05) is 37.4 Å². The van der Waals surface area contributed by atoms with E-state index in [9.17, 15) is 9.90 Å². The van der Waals surface area contributed by atoms with Gasteiger partial charge in [0.15, 0.2) is 5.16 Å². The maximum Gasteiger partial charge on any atom is 0.254 e. The number of nitrogens with one attached hydrogen (secondary N) is 1. The fourth-order valence-corrected chi connectivity index (χ4v) is 3.73. The lowest BCUT2D eigenvalue weighted by atomic mass is 10.0. The number of rotatable bonds is 5. The Hall–Kier alpha value is -1.55. The molecule has 25 heavy (non-hydrogen) atoms. The highest BCUT2D eigenvalue weighted by Crippen LogP contribution is 2.17. The summed E-state index contributed by atoms with van der Waals surface area (Å²) in [6, 6.07) is -0.263. The first-order valence-electron chi connectivity index (χ1n) is 8.03. The van der Waals surface area contributed by atoms with Crippen LogP contribution in [-0.4, -0.2) is 62.4 Å². The fourth-order valence-electron chi connectivity index (χ4n) is 2.81. The standard InChI is InChI=1S/C16H21N5O2S2/c1-10-19-12(9-25-10)7-21-4-3-13(14(22)8-21)20-15(23)11-5-17-16(24-2)18-6-11/h5-6,9,13-14,22H,3-4,7-8H2,1-2H3,(H,20,23)/t13-,14-/m1/s1. The first kappa shape index (κ1) is 18.2. The molecule has 1 amide bonds. The molecule has 1 aliphatic heterocycles. The first-order valence-corrected chi connectivity index (χ1v) is 10.1. The van der Waals surface area contributed by atoms with Gasteiger partial charge in [0.1, 0.15) is 0 Å². The number of carbonyl (C=O) groups is 1. The number of aliphatic hydroxyl groups excluding tert-OH is 1. The van der Waals surface area contributed by atoms with Gasteiger partial charge in [-0.2, -0.15) is 0 Å². The summed E-state index contributed by atoms with van der Waals surface area (Å²) in [5, 5.41) is 17.0. The Morgan fingerprint density at radius 1 is 1.48 bits per heavy atom. The molecule has 3 rings (SSSR count). The van der Waals surface area contributed by atoms with Gasteiger partial charge in [0.2, 0.25) is 0 Å². The monoisotopic (exact) mass is 379 g/mol. The van der Waals surface area contributed by atoms with Gasteiger partial charge in [-0.3, -0.25) is 9.69 Å². The Bertz CT molecular complexity index is 722. The molecule has 7 nitrogen and oxygen atoms in total. The van der Waals surface area contributed by atoms with E-state index >= 15 is 0 Å². The van der Waals surface area contributed by atoms with Crippen LogP contribution in [0.3, 0.4) is 0 Å². The van der Waals surface area contributed by atoms with Crippen LogP contribution in [0.5, 0.6) is 0 Å². The Morgan fingerprint density at radius 3 is 2.84 bits per heavy atom. The Morgan fingerprint density at radius 2 is 2.24 bits per heavy atom. The van der Waals surface area contributed by atoms with Crippen molar-refractivity contribution in [2.75, 3.05) is 19.3 Å². The maximum absolute atomic E-state index is 12.3. The summed E-state index contributed by atoms with van der Waals surface area (Å²) in [5.74, 6) is -0.250. The second kappa shape index (κ2) is 8.22. The number of hydrogen-bond donors (Lipinski definition) is 2. The summed E-state index contributed by atoms with van der Waals surface area (Å²) in [7, 11) is 0. The van der Waals surface area contributed by atoms with E-state index in [-0.39, 0.29) is 11.9 Å². The zero-order valence-electron chi connectivity index (χ0n) is 14.2. The second-order valence-corrected chi connectivity index (χ2v) is 7.82. The van der Waals surface area contributed by atoms with Crippen molar-refractivity contribution >= 4 is 29.0 Å². The highest BCUT2D eigenvalue weighted by Gasteiger charge is 2.29. The summed E-state index contributed by atoms with van der Waals surface area (Å²) < 4.78 is 0. The maximum atomic E-state index is 12.3. The third-order valence-electron chi connectivity index (χ3n) is 4.11. The van der Waals surface area contributed by atoms with Crippen molar-refractivity contribution in [1.82, 2.24) is 25.2 Å². The summed E-state index contributed by atoms with van der Waals surface area (Å²) in [6.45, 7) is 4.04. The van der Waals surface area contributed by atoms with Crippen LogP contribution < -0.4 is 5.32 Å². The summed E-state index contributed by atoms with van der Waals surface area (Å²) in [6.07, 6.45) is 5.00. The van der Waals surface area contributed by atoms with Crippen molar-refractivity contribution in [1.29, 1.82) is 0 Å². The summed E-state index contributed by atoms with van der Waals surface area (Å²) >= 11 is 3.06. The highest BCUT2D eigenvalue weighted by molar-refractivity contribution is 7.98. The second-order valence-electron chi connectivity index (χ2n) is 5.99. The zero-order chi connectivity index (χ0) is 17.8. The molecule has 134 valence electrons. The Labute approximate surface area is 154 Å². The number of nitrogens with zero attached hydrogens (tertiary/aromatic N) is 4. The van der Waals surface area contributed by atoms with E-state index in [2.05, 4.69) is 25.2 Å². The molecule has 9 heteroatoms. The number of aryl methyl sites for hydroxylation is 1. The molecule has 0 bridgehead atoms. The molecule has 2 aromatic rings. The van der Waals surface area contributed by atoms with Gasteiger partial charge in [0.05, 0.1) is 28.4 Å². The average Bonchev–Trinajstić information content (AvgIpc) is 3.02. The van der Waals surface area contributed by atoms with Crippen molar-refractivity contribution in [3.63, 3.8) is 0 Å². The van der Waals surface area contributed by atoms with Crippen LogP contribution >= 0.6 is 23.1 Å². The van der Waals surface area contributed by atoms with Crippen molar-refractivity contribution in [3.8, 4) is 0 Å². The minimum Gasteiger partial charge on any atom is -0.390 e. The lowest BCUT2D eigenvalue weighted by Gasteiger charge is -2.35. The van der Waals surface area contributed by atoms with E-state index in [4.69, 9.17) is 0 Å². The van der Waals surface area contributed by atoms with Crippen LogP contribution in [0.15, 0.2) is 22.9 Å². The largest absolute Gasteiger partial charge is 0.390 e. The van der Waals surface area contributed by atoms with Crippen LogP contribution in [0.2, 0.25) is 0 Å². The Kier molecular flexibility index (Phi) is 6.00. The number of likely N-dealkylation sites (tertiary alicyclic amines) is 1. The number of thioether (sulfide) groups is 1. The molecule has 0 radical (unpaired) electrons. The minimum absolute atomic E-state index is 0.250. The average molecular weight is 380 g/mol. The van der Waals surface area contributed by atoms with Crippen LogP contribution in [0.1, 0.15) is 27.5 Å². The van der Waals surface area contributed by atoms with Crippen molar-refractivity contribution < 1.29 is 9.90 Å². The molecule has 0 unspecified atom stereocenters. The summed E-state index contributed by atoms with van der Waals surface area (Å²) in [4.78, 5) is 27.1. The number of piperidine rings is 1. The van der Waals surface area contributed by atoms with Crippen molar-refractivity contribution in [2.45, 2.75) is 37.2 Å². The normalized spacial score (nSPS) is 21.2. The minimum atomic E-state index is -0.608. The predicted octanol–water partition coefficient (Wildman–Crippen LogP) is 1.33. The van der Waals surface area contributed by atoms with E-state index in [0.29, 0.717) is 23.7 Å². The van der Waals surface area contributed by atoms with E-state index in [1.807, 2.05) is 18.6 Å². The number of aromatic nitrogens is 3. The molecule has 2 N–H and O–H groups in total. The molecular weight excluding hydrogens is 358 g/mol. The molecule has 0 spiro atoms. The SMILES string of the molecule is CSc1ncc(C(=O)N[C@@H]2CCN(Cc3csc(C)n3)C[C@H]2O)cn1. The lowest BCUT2D eigenvalue weighted by Crippen LogP contribution is -2.53. The number of aliphatic hydroxyl groups is 1. The smallest absolute Gasteiger partial charge is 0.254 e. The first-order chi connectivity index (χ1) is 12.0. The van der Waals surface area contributed by atoms with Gasteiger partial charge in [-0.05, 0) is 19.6 Å². The highest BCUT2D eigenvalue weighted by atomic mass is 32.2. The van der Waals surface area contributed by atoms with Gasteiger partial charge in [-0.15, -0.1) is 11.3 Å². The Balaban J connectivity index is 1.53. The number of amides is 1. The molecule has 1 fully saturated rings. The molecule has 1 saturated heterocycles. The predicted molar refractivity (Wildman–Crippen MR) is 97.8 cm³/mol. The van der Waals surface area contributed by atoms with Crippen LogP contribution in [0.4, 0.5) is 0 Å². The topological polar surface area (TPSA) is 91.2 Å². The third kappa shape index (κ3) is 4.75. The molecule has 0 saturated carbocycles. The third-order valence-corrected chi connectivity index (χ3v) is 5.51. The molecule has 3 heterocycles. The van der Waals surface area contributed by atoms with Crippen LogP contribution in [-0.2, 0) is 6.54 Å². The van der Waals surface area contributed by atoms with Gasteiger partial charge in [-0.1, -0.05) is 11.8 Å². The molecule has 1 aliphatic rings. The van der Waals surface area contributed by atoms with Gasteiger partial charge >= 0.3 is 0 Å². The van der Waals surface area contributed by atoms with Gasteiger partial charge in [0.25, 0.3) is 5.91 Å². The number of β-amino-alcohol motifs (C(OH)–C–C–N with tert-alkyl or cyclic N) is 1. The van der Waals surface area contributed by atoms with E-state index in [1.165, 1.54) is 24.2 Å². The number of thiazole rings is 1. The number of carbonyl (C=O) groups excluding carboxylic acids is 1. The zero-order valence-corrected chi connectivity index (χ0v) is 15.8. The molecule has 0 aromatic carbocycles. The lowest BCUT2D eigenvalue weighted by molar-refractivity contribution is 0.0345. The van der Waals surface area contributed by atoms with Gasteiger partial charge < -0.3 is 10.4 Å². The molecule has 2 atom stereocenters. The van der Waals surface area contributed by atoms with Crippen LogP contribution in [0.25, 0.3) is 0 Å². The van der Waals surface area contributed by atoms with Crippen molar-refractivity contribution in [3.05, 3.63) is 34.0 Å².